The third-order valence-electron chi connectivity index (χ3n) is 5.12. The van der Waals surface area contributed by atoms with Crippen LogP contribution in [-0.4, -0.2) is 48.9 Å². The molecule has 3 aromatic heterocycles. The largest absolute Gasteiger partial charge is 0.336 e. The number of nitrogens with one attached hydrogen (secondary N) is 1. The van der Waals surface area contributed by atoms with E-state index in [1.54, 1.807) is 23.4 Å². The van der Waals surface area contributed by atoms with Gasteiger partial charge in [0.05, 0.1) is 12.2 Å². The zero-order valence-electron chi connectivity index (χ0n) is 16.8. The van der Waals surface area contributed by atoms with Gasteiger partial charge in [-0.2, -0.15) is 10.2 Å². The van der Waals surface area contributed by atoms with Crippen LogP contribution in [0.15, 0.2) is 47.5 Å². The predicted octanol–water partition coefficient (Wildman–Crippen LogP) is 2.10. The van der Waals surface area contributed by atoms with Crippen molar-refractivity contribution < 1.29 is 4.79 Å². The standard InChI is InChI=1S/C21H24N6O2/c1-21(2,3)18-10-17(23-24-18)20(29)26-11-14(12-26)13-27-19(28)5-4-16(25-27)15-6-8-22-9-7-15/h4-10,14H,11-13H2,1-3H3,(H,23,24). The Morgan fingerprint density at radius 3 is 2.55 bits per heavy atom. The number of hydrogen-bond acceptors (Lipinski definition) is 5. The van der Waals surface area contributed by atoms with Gasteiger partial charge in [0.1, 0.15) is 5.69 Å². The van der Waals surface area contributed by atoms with E-state index < -0.39 is 0 Å². The molecular weight excluding hydrogens is 368 g/mol. The number of rotatable bonds is 4. The lowest BCUT2D eigenvalue weighted by Crippen LogP contribution is -2.52. The Bertz CT molecular complexity index is 1070. The van der Waals surface area contributed by atoms with Crippen LogP contribution in [-0.2, 0) is 12.0 Å². The molecule has 0 radical (unpaired) electrons. The molecule has 1 saturated heterocycles. The zero-order chi connectivity index (χ0) is 20.6. The number of amides is 1. The second kappa shape index (κ2) is 7.27. The van der Waals surface area contributed by atoms with Crippen molar-refractivity contribution in [3.8, 4) is 11.3 Å². The summed E-state index contributed by atoms with van der Waals surface area (Å²) in [5, 5.41) is 11.6. The van der Waals surface area contributed by atoms with Gasteiger partial charge >= 0.3 is 0 Å². The molecule has 0 aromatic carbocycles. The second-order valence-electron chi connectivity index (χ2n) is 8.47. The highest BCUT2D eigenvalue weighted by Crippen LogP contribution is 2.23. The number of aromatic amines is 1. The highest BCUT2D eigenvalue weighted by atomic mass is 16.2. The minimum atomic E-state index is -0.144. The molecule has 1 N–H and O–H groups in total. The predicted molar refractivity (Wildman–Crippen MR) is 108 cm³/mol. The highest BCUT2D eigenvalue weighted by molar-refractivity contribution is 5.93. The van der Waals surface area contributed by atoms with Crippen LogP contribution in [0.4, 0.5) is 0 Å². The lowest BCUT2D eigenvalue weighted by atomic mass is 9.92. The number of carbonyl (C=O) groups excluding carboxylic acids is 1. The zero-order valence-corrected chi connectivity index (χ0v) is 16.8. The van der Waals surface area contributed by atoms with Gasteiger partial charge in [0, 0.05) is 54.1 Å². The van der Waals surface area contributed by atoms with Gasteiger partial charge in [-0.3, -0.25) is 19.7 Å². The number of H-pyrrole nitrogens is 1. The fraction of sp³-hybridized carbons (Fsp3) is 0.381. The third kappa shape index (κ3) is 3.96. The molecule has 1 amide bonds. The van der Waals surface area contributed by atoms with E-state index in [1.807, 2.05) is 18.2 Å². The van der Waals surface area contributed by atoms with E-state index in [-0.39, 0.29) is 22.8 Å². The molecule has 0 atom stereocenters. The molecule has 1 fully saturated rings. The van der Waals surface area contributed by atoms with Crippen molar-refractivity contribution in [3.05, 3.63) is 64.5 Å². The molecule has 0 saturated carbocycles. The average molecular weight is 392 g/mol. The highest BCUT2D eigenvalue weighted by Gasteiger charge is 2.33. The van der Waals surface area contributed by atoms with Crippen molar-refractivity contribution in [2.24, 2.45) is 5.92 Å². The van der Waals surface area contributed by atoms with Crippen LogP contribution in [0.1, 0.15) is 37.0 Å². The van der Waals surface area contributed by atoms with Crippen molar-refractivity contribution in [2.75, 3.05) is 13.1 Å². The Labute approximate surface area is 168 Å². The van der Waals surface area contributed by atoms with E-state index in [0.29, 0.717) is 25.3 Å². The number of hydrogen-bond donors (Lipinski definition) is 1. The molecule has 8 heteroatoms. The first-order valence-corrected chi connectivity index (χ1v) is 9.65. The van der Waals surface area contributed by atoms with Gasteiger partial charge < -0.3 is 4.90 Å². The molecule has 1 aliphatic rings. The first kappa shape index (κ1) is 19.0. The molecule has 0 bridgehead atoms. The van der Waals surface area contributed by atoms with E-state index in [1.165, 1.54) is 10.7 Å². The van der Waals surface area contributed by atoms with E-state index in [4.69, 9.17) is 0 Å². The Morgan fingerprint density at radius 2 is 1.90 bits per heavy atom. The van der Waals surface area contributed by atoms with Crippen LogP contribution in [0.5, 0.6) is 0 Å². The van der Waals surface area contributed by atoms with Crippen molar-refractivity contribution >= 4 is 5.91 Å². The third-order valence-corrected chi connectivity index (χ3v) is 5.12. The fourth-order valence-electron chi connectivity index (χ4n) is 3.33. The molecule has 29 heavy (non-hydrogen) atoms. The van der Waals surface area contributed by atoms with Crippen molar-refractivity contribution in [2.45, 2.75) is 32.7 Å². The topological polar surface area (TPSA) is 96.8 Å². The normalized spacial score (nSPS) is 14.7. The maximum absolute atomic E-state index is 12.6. The molecule has 4 rings (SSSR count). The monoisotopic (exact) mass is 392 g/mol. The van der Waals surface area contributed by atoms with E-state index >= 15 is 0 Å². The minimum absolute atomic E-state index is 0.0844. The average Bonchev–Trinajstić information content (AvgIpc) is 3.16. The summed E-state index contributed by atoms with van der Waals surface area (Å²) in [6.07, 6.45) is 3.39. The van der Waals surface area contributed by atoms with Crippen molar-refractivity contribution in [1.29, 1.82) is 0 Å². The maximum atomic E-state index is 12.6. The number of likely N-dealkylation sites (tertiary alicyclic amines) is 1. The summed E-state index contributed by atoms with van der Waals surface area (Å²) in [5.74, 6) is 0.108. The molecular formula is C21H24N6O2. The Morgan fingerprint density at radius 1 is 1.17 bits per heavy atom. The Hall–Kier alpha value is -3.29. The number of aromatic nitrogens is 5. The van der Waals surface area contributed by atoms with Crippen LogP contribution < -0.4 is 5.56 Å². The lowest BCUT2D eigenvalue weighted by molar-refractivity contribution is 0.0452. The molecule has 150 valence electrons. The van der Waals surface area contributed by atoms with Gasteiger partial charge in [0.25, 0.3) is 11.5 Å². The molecule has 0 unspecified atom stereocenters. The van der Waals surface area contributed by atoms with Crippen molar-refractivity contribution in [1.82, 2.24) is 29.9 Å². The van der Waals surface area contributed by atoms with Gasteiger partial charge in [-0.25, -0.2) is 4.68 Å². The van der Waals surface area contributed by atoms with Gasteiger partial charge in [-0.1, -0.05) is 20.8 Å². The van der Waals surface area contributed by atoms with Crippen LogP contribution >= 0.6 is 0 Å². The Kier molecular flexibility index (Phi) is 4.77. The van der Waals surface area contributed by atoms with Gasteiger partial charge in [0.15, 0.2) is 0 Å². The summed E-state index contributed by atoms with van der Waals surface area (Å²) in [6, 6.07) is 8.78. The molecule has 8 nitrogen and oxygen atoms in total. The summed E-state index contributed by atoms with van der Waals surface area (Å²) in [7, 11) is 0. The SMILES string of the molecule is CC(C)(C)c1cc(C(=O)N2CC(Cn3nc(-c4ccncc4)ccc3=O)C2)n[nH]1. The van der Waals surface area contributed by atoms with Crippen LogP contribution in [0.3, 0.4) is 0 Å². The molecule has 0 spiro atoms. The number of nitrogens with zero attached hydrogens (tertiary/aromatic N) is 5. The molecule has 3 aromatic rings. The van der Waals surface area contributed by atoms with Gasteiger partial charge in [-0.15, -0.1) is 0 Å². The minimum Gasteiger partial charge on any atom is -0.336 e. The summed E-state index contributed by atoms with van der Waals surface area (Å²) in [6.45, 7) is 7.86. The molecule has 0 aliphatic carbocycles. The van der Waals surface area contributed by atoms with Crippen LogP contribution in [0.2, 0.25) is 0 Å². The van der Waals surface area contributed by atoms with Gasteiger partial charge in [-0.05, 0) is 24.3 Å². The van der Waals surface area contributed by atoms with E-state index in [0.717, 1.165) is 17.0 Å². The van der Waals surface area contributed by atoms with E-state index in [9.17, 15) is 9.59 Å². The van der Waals surface area contributed by atoms with E-state index in [2.05, 4.69) is 41.1 Å². The molecule has 1 aliphatic heterocycles. The van der Waals surface area contributed by atoms with Crippen LogP contribution in [0.25, 0.3) is 11.3 Å². The number of pyridine rings is 1. The smallest absolute Gasteiger partial charge is 0.274 e. The lowest BCUT2D eigenvalue weighted by Gasteiger charge is -2.38. The molecule has 4 heterocycles. The second-order valence-corrected chi connectivity index (χ2v) is 8.47. The van der Waals surface area contributed by atoms with Gasteiger partial charge in [0.2, 0.25) is 0 Å². The van der Waals surface area contributed by atoms with Crippen molar-refractivity contribution in [3.63, 3.8) is 0 Å². The summed E-state index contributed by atoms with van der Waals surface area (Å²) < 4.78 is 1.48. The summed E-state index contributed by atoms with van der Waals surface area (Å²) in [5.41, 5.74) is 2.77. The summed E-state index contributed by atoms with van der Waals surface area (Å²) >= 11 is 0. The van der Waals surface area contributed by atoms with Crippen LogP contribution in [0, 0.1) is 5.92 Å². The first-order chi connectivity index (χ1) is 13.8. The summed E-state index contributed by atoms with van der Waals surface area (Å²) in [4.78, 5) is 30.6. The quantitative estimate of drug-likeness (QED) is 0.733. The fourth-order valence-corrected chi connectivity index (χ4v) is 3.33. The first-order valence-electron chi connectivity index (χ1n) is 9.65. The Balaban J connectivity index is 1.40. The maximum Gasteiger partial charge on any atom is 0.274 e. The number of carbonyl (C=O) groups is 1.